The lowest BCUT2D eigenvalue weighted by Crippen LogP contribution is -2.39. The van der Waals surface area contributed by atoms with E-state index in [0.717, 1.165) is 31.0 Å². The first-order chi connectivity index (χ1) is 15.3. The Hall–Kier alpha value is -2.69. The zero-order valence-electron chi connectivity index (χ0n) is 18.6. The molecule has 0 bridgehead atoms. The number of halogens is 1. The molecule has 3 aromatic carbocycles. The lowest BCUT2D eigenvalue weighted by atomic mass is 10.1. The van der Waals surface area contributed by atoms with Gasteiger partial charge in [-0.2, -0.15) is 0 Å². The van der Waals surface area contributed by atoms with E-state index < -0.39 is 0 Å². The number of methoxy groups -OCH3 is 1. The number of hydrogen-bond acceptors (Lipinski definition) is 4. The molecule has 168 valence electrons. The van der Waals surface area contributed by atoms with Crippen LogP contribution in [-0.4, -0.2) is 37.7 Å². The Kier molecular flexibility index (Phi) is 7.23. The molecule has 0 unspecified atom stereocenters. The number of nitrogens with zero attached hydrogens (tertiary/aromatic N) is 2. The van der Waals surface area contributed by atoms with Crippen molar-refractivity contribution < 1.29 is 9.47 Å². The molecular formula is C27H31ClN2O2. The van der Waals surface area contributed by atoms with Crippen LogP contribution in [-0.2, 0) is 13.0 Å². The highest BCUT2D eigenvalue weighted by Gasteiger charge is 2.29. The average molecular weight is 451 g/mol. The molecule has 0 radical (unpaired) electrons. The van der Waals surface area contributed by atoms with Gasteiger partial charge in [-0.1, -0.05) is 42.5 Å². The van der Waals surface area contributed by atoms with E-state index in [1.54, 1.807) is 7.11 Å². The number of para-hydroxylation sites is 3. The second-order valence-electron chi connectivity index (χ2n) is 8.43. The Morgan fingerprint density at radius 3 is 2.50 bits per heavy atom. The van der Waals surface area contributed by atoms with Crippen molar-refractivity contribution in [3.8, 4) is 11.5 Å². The Morgan fingerprint density at radius 2 is 1.69 bits per heavy atom. The summed E-state index contributed by atoms with van der Waals surface area (Å²) in [4.78, 5) is 5.15. The van der Waals surface area contributed by atoms with Crippen molar-refractivity contribution in [3.63, 3.8) is 0 Å². The zero-order chi connectivity index (χ0) is 21.0. The van der Waals surface area contributed by atoms with Crippen LogP contribution in [0.4, 0.5) is 11.4 Å². The summed E-state index contributed by atoms with van der Waals surface area (Å²) >= 11 is 0. The van der Waals surface area contributed by atoms with Crippen LogP contribution in [0.1, 0.15) is 24.0 Å². The number of likely N-dealkylation sites (tertiary alicyclic amines) is 1. The topological polar surface area (TPSA) is 24.9 Å². The third kappa shape index (κ3) is 4.72. The lowest BCUT2D eigenvalue weighted by Gasteiger charge is -2.32. The van der Waals surface area contributed by atoms with Crippen molar-refractivity contribution >= 4 is 23.8 Å². The molecule has 1 saturated heterocycles. The molecule has 0 amide bonds. The van der Waals surface area contributed by atoms with Gasteiger partial charge >= 0.3 is 0 Å². The first-order valence-corrected chi connectivity index (χ1v) is 11.3. The molecule has 0 aromatic heterocycles. The molecule has 2 aliphatic rings. The molecule has 0 saturated carbocycles. The summed E-state index contributed by atoms with van der Waals surface area (Å²) in [5.74, 6) is 1.89. The number of anilines is 2. The predicted octanol–water partition coefficient (Wildman–Crippen LogP) is 5.85. The molecule has 5 heteroatoms. The van der Waals surface area contributed by atoms with Gasteiger partial charge in [-0.25, -0.2) is 0 Å². The van der Waals surface area contributed by atoms with E-state index in [9.17, 15) is 0 Å². The Morgan fingerprint density at radius 1 is 0.938 bits per heavy atom. The van der Waals surface area contributed by atoms with Crippen molar-refractivity contribution in [2.75, 3.05) is 31.6 Å². The lowest BCUT2D eigenvalue weighted by molar-refractivity contribution is 0.261. The van der Waals surface area contributed by atoms with Gasteiger partial charge in [-0.05, 0) is 61.7 Å². The molecule has 3 aromatic rings. The summed E-state index contributed by atoms with van der Waals surface area (Å²) in [6.07, 6.45) is 3.57. The minimum atomic E-state index is 0. The predicted molar refractivity (Wildman–Crippen MR) is 133 cm³/mol. The molecule has 1 fully saturated rings. The second kappa shape index (κ2) is 10.3. The summed E-state index contributed by atoms with van der Waals surface area (Å²) in [5.41, 5.74) is 5.07. The smallest absolute Gasteiger partial charge is 0.143 e. The molecule has 2 aliphatic heterocycles. The highest BCUT2D eigenvalue weighted by Crippen LogP contribution is 2.40. The molecule has 2 heterocycles. The number of fused-ring (bicyclic) bond motifs is 2. The highest BCUT2D eigenvalue weighted by atomic mass is 35.5. The molecule has 0 spiro atoms. The van der Waals surface area contributed by atoms with Gasteiger partial charge in [0.1, 0.15) is 18.1 Å². The van der Waals surface area contributed by atoms with Gasteiger partial charge in [-0.15, -0.1) is 12.4 Å². The van der Waals surface area contributed by atoms with Gasteiger partial charge in [0.25, 0.3) is 0 Å². The van der Waals surface area contributed by atoms with E-state index in [2.05, 4.69) is 82.6 Å². The van der Waals surface area contributed by atoms with Gasteiger partial charge in [0.15, 0.2) is 0 Å². The molecule has 0 aliphatic carbocycles. The summed E-state index contributed by atoms with van der Waals surface area (Å²) in [5, 5.41) is 0. The fourth-order valence-electron chi connectivity index (χ4n) is 4.85. The Labute approximate surface area is 197 Å². The number of hydrogen-bond donors (Lipinski definition) is 0. The van der Waals surface area contributed by atoms with Gasteiger partial charge < -0.3 is 14.4 Å². The standard InChI is InChI=1S/C27H30N2O2.ClH/c1-30-24-14-12-21(13-15-24)16-18-28-17-6-8-23(28)19-29-25-9-3-2-7-22(25)20-31-27-11-5-4-10-26(27)29;/h2-5,7,9-15,23H,6,8,16-20H2,1H3;1H/t23-;/m0./s1. The maximum Gasteiger partial charge on any atom is 0.143 e. The second-order valence-corrected chi connectivity index (χ2v) is 8.43. The van der Waals surface area contributed by atoms with Gasteiger partial charge in [-0.3, -0.25) is 4.90 Å². The largest absolute Gasteiger partial charge is 0.497 e. The summed E-state index contributed by atoms with van der Waals surface area (Å²) < 4.78 is 11.4. The third-order valence-electron chi connectivity index (χ3n) is 6.56. The highest BCUT2D eigenvalue weighted by molar-refractivity contribution is 5.85. The minimum absolute atomic E-state index is 0. The molecule has 1 atom stereocenters. The molecular weight excluding hydrogens is 420 g/mol. The van der Waals surface area contributed by atoms with Crippen LogP contribution < -0.4 is 14.4 Å². The van der Waals surface area contributed by atoms with Crippen LogP contribution >= 0.6 is 12.4 Å². The van der Waals surface area contributed by atoms with E-state index in [0.29, 0.717) is 12.6 Å². The quantitative estimate of drug-likeness (QED) is 0.470. The molecule has 5 rings (SSSR count). The fourth-order valence-corrected chi connectivity index (χ4v) is 4.85. The fraction of sp³-hybridized carbons (Fsp3) is 0.333. The first kappa shape index (κ1) is 22.5. The van der Waals surface area contributed by atoms with Crippen molar-refractivity contribution in [2.45, 2.75) is 31.9 Å². The average Bonchev–Trinajstić information content (AvgIpc) is 3.21. The number of ether oxygens (including phenoxy) is 2. The first-order valence-electron chi connectivity index (χ1n) is 11.3. The molecule has 32 heavy (non-hydrogen) atoms. The maximum absolute atomic E-state index is 6.16. The van der Waals surface area contributed by atoms with Crippen LogP contribution in [0.3, 0.4) is 0 Å². The van der Waals surface area contributed by atoms with E-state index in [1.165, 1.54) is 41.9 Å². The Balaban J connectivity index is 0.00000245. The summed E-state index contributed by atoms with van der Waals surface area (Å²) in [7, 11) is 1.72. The zero-order valence-corrected chi connectivity index (χ0v) is 19.4. The third-order valence-corrected chi connectivity index (χ3v) is 6.56. The van der Waals surface area contributed by atoms with E-state index >= 15 is 0 Å². The Bertz CT molecular complexity index is 977. The molecule has 4 nitrogen and oxygen atoms in total. The van der Waals surface area contributed by atoms with Crippen molar-refractivity contribution in [1.82, 2.24) is 4.90 Å². The van der Waals surface area contributed by atoms with E-state index in [1.807, 2.05) is 0 Å². The van der Waals surface area contributed by atoms with Crippen LogP contribution in [0, 0.1) is 0 Å². The van der Waals surface area contributed by atoms with Crippen molar-refractivity contribution in [3.05, 3.63) is 83.9 Å². The van der Waals surface area contributed by atoms with E-state index in [4.69, 9.17) is 9.47 Å². The minimum Gasteiger partial charge on any atom is -0.497 e. The number of benzene rings is 3. The summed E-state index contributed by atoms with van der Waals surface area (Å²) in [6.45, 7) is 3.87. The van der Waals surface area contributed by atoms with Crippen LogP contribution in [0.5, 0.6) is 11.5 Å². The molecule has 0 N–H and O–H groups in total. The van der Waals surface area contributed by atoms with Gasteiger partial charge in [0, 0.05) is 30.4 Å². The van der Waals surface area contributed by atoms with Crippen LogP contribution in [0.25, 0.3) is 0 Å². The maximum atomic E-state index is 6.16. The van der Waals surface area contributed by atoms with Crippen molar-refractivity contribution in [1.29, 1.82) is 0 Å². The summed E-state index contributed by atoms with van der Waals surface area (Å²) in [6, 6.07) is 26.1. The SMILES string of the molecule is COc1ccc(CCN2CCC[C@H]2CN2c3ccccc3COc3ccccc32)cc1.Cl. The van der Waals surface area contributed by atoms with Gasteiger partial charge in [0.2, 0.25) is 0 Å². The van der Waals surface area contributed by atoms with Gasteiger partial charge in [0.05, 0.1) is 12.8 Å². The normalized spacial score (nSPS) is 17.5. The van der Waals surface area contributed by atoms with Crippen LogP contribution in [0.2, 0.25) is 0 Å². The monoisotopic (exact) mass is 450 g/mol. The van der Waals surface area contributed by atoms with Crippen molar-refractivity contribution in [2.24, 2.45) is 0 Å². The van der Waals surface area contributed by atoms with Crippen LogP contribution in [0.15, 0.2) is 72.8 Å². The number of rotatable bonds is 6. The van der Waals surface area contributed by atoms with E-state index in [-0.39, 0.29) is 12.4 Å².